The lowest BCUT2D eigenvalue weighted by atomic mass is 10.00. The summed E-state index contributed by atoms with van der Waals surface area (Å²) in [5.41, 5.74) is 3.58. The van der Waals surface area contributed by atoms with Gasteiger partial charge in [0.15, 0.2) is 0 Å². The van der Waals surface area contributed by atoms with Crippen LogP contribution in [0.4, 0.5) is 0 Å². The lowest BCUT2D eigenvalue weighted by Crippen LogP contribution is -2.39. The molecule has 0 saturated carbocycles. The minimum Gasteiger partial charge on any atom is -0.468 e. The Labute approximate surface area is 142 Å². The molecule has 0 radical (unpaired) electrons. The predicted molar refractivity (Wildman–Crippen MR) is 90.4 cm³/mol. The minimum atomic E-state index is -0.426. The van der Waals surface area contributed by atoms with Gasteiger partial charge < -0.3 is 9.64 Å². The fourth-order valence-corrected chi connectivity index (χ4v) is 2.63. The van der Waals surface area contributed by atoms with E-state index in [4.69, 9.17) is 4.74 Å². The van der Waals surface area contributed by atoms with Gasteiger partial charge in [0.05, 0.1) is 7.11 Å². The first kappa shape index (κ1) is 17.7. The summed E-state index contributed by atoms with van der Waals surface area (Å²) in [6, 6.07) is 7.88. The van der Waals surface area contributed by atoms with Gasteiger partial charge in [0, 0.05) is 18.9 Å². The smallest absolute Gasteiger partial charge is 0.325 e. The van der Waals surface area contributed by atoms with E-state index in [1.165, 1.54) is 28.7 Å². The lowest BCUT2D eigenvalue weighted by molar-refractivity contribution is -0.147. The number of hydrogen-bond acceptors (Lipinski definition) is 4. The van der Waals surface area contributed by atoms with Crippen LogP contribution >= 0.6 is 0 Å². The highest BCUT2D eigenvalue weighted by Gasteiger charge is 2.18. The van der Waals surface area contributed by atoms with Crippen LogP contribution in [0.3, 0.4) is 0 Å². The number of aromatic nitrogens is 2. The Kier molecular flexibility index (Phi) is 6.12. The van der Waals surface area contributed by atoms with Gasteiger partial charge in [0.1, 0.15) is 13.1 Å². The molecule has 0 aliphatic rings. The quantitative estimate of drug-likeness (QED) is 0.726. The number of amides is 1. The van der Waals surface area contributed by atoms with E-state index in [1.807, 2.05) is 6.07 Å². The van der Waals surface area contributed by atoms with Crippen LogP contribution in [-0.4, -0.2) is 46.8 Å². The molecular weight excluding hydrogens is 306 g/mol. The topological polar surface area (TPSA) is 64.4 Å². The van der Waals surface area contributed by atoms with Crippen molar-refractivity contribution in [3.8, 4) is 0 Å². The van der Waals surface area contributed by atoms with E-state index in [-0.39, 0.29) is 19.0 Å². The first-order valence-corrected chi connectivity index (χ1v) is 7.88. The standard InChI is InChI=1S/C18H23N3O3/c1-14-6-4-7-15(2)16(14)8-11-20(13-18(23)24-3)17(22)12-21-10-5-9-19-21/h4-7,9-10H,8,11-13H2,1-3H3. The van der Waals surface area contributed by atoms with Crippen molar-refractivity contribution in [3.05, 3.63) is 53.3 Å². The molecule has 1 heterocycles. The van der Waals surface area contributed by atoms with Crippen molar-refractivity contribution in [2.24, 2.45) is 0 Å². The van der Waals surface area contributed by atoms with Gasteiger partial charge >= 0.3 is 5.97 Å². The van der Waals surface area contributed by atoms with Crippen LogP contribution in [0.2, 0.25) is 0 Å². The highest BCUT2D eigenvalue weighted by Crippen LogP contribution is 2.14. The van der Waals surface area contributed by atoms with Gasteiger partial charge in [-0.05, 0) is 43.0 Å². The van der Waals surface area contributed by atoms with Crippen molar-refractivity contribution < 1.29 is 14.3 Å². The average Bonchev–Trinajstić information content (AvgIpc) is 3.05. The van der Waals surface area contributed by atoms with Crippen LogP contribution in [0, 0.1) is 13.8 Å². The molecule has 0 fully saturated rings. The summed E-state index contributed by atoms with van der Waals surface area (Å²) < 4.78 is 6.26. The average molecular weight is 329 g/mol. The molecule has 128 valence electrons. The summed E-state index contributed by atoms with van der Waals surface area (Å²) in [7, 11) is 1.32. The zero-order chi connectivity index (χ0) is 17.5. The summed E-state index contributed by atoms with van der Waals surface area (Å²) in [6.45, 7) is 4.62. The molecule has 1 amide bonds. The Morgan fingerprint density at radius 1 is 1.21 bits per heavy atom. The van der Waals surface area contributed by atoms with Crippen molar-refractivity contribution in [2.45, 2.75) is 26.8 Å². The molecule has 0 saturated heterocycles. The molecule has 0 atom stereocenters. The molecule has 2 aromatic rings. The summed E-state index contributed by atoms with van der Waals surface area (Å²) in [5, 5.41) is 4.04. The van der Waals surface area contributed by atoms with E-state index < -0.39 is 5.97 Å². The predicted octanol–water partition coefficient (Wildman–Crippen LogP) is 1.74. The maximum Gasteiger partial charge on any atom is 0.325 e. The summed E-state index contributed by atoms with van der Waals surface area (Å²) in [6.07, 6.45) is 4.04. The van der Waals surface area contributed by atoms with Crippen LogP contribution in [-0.2, 0) is 27.3 Å². The normalized spacial score (nSPS) is 10.5. The molecule has 0 unspecified atom stereocenters. The Morgan fingerprint density at radius 3 is 2.50 bits per heavy atom. The lowest BCUT2D eigenvalue weighted by Gasteiger charge is -2.22. The molecular formula is C18H23N3O3. The van der Waals surface area contributed by atoms with Crippen LogP contribution in [0.25, 0.3) is 0 Å². The van der Waals surface area contributed by atoms with E-state index in [0.717, 1.165) is 0 Å². The molecule has 2 rings (SSSR count). The van der Waals surface area contributed by atoms with Gasteiger partial charge in [-0.3, -0.25) is 14.3 Å². The number of carbonyl (C=O) groups excluding carboxylic acids is 2. The van der Waals surface area contributed by atoms with E-state index in [2.05, 4.69) is 31.1 Å². The first-order chi connectivity index (χ1) is 11.5. The third-order valence-corrected chi connectivity index (χ3v) is 4.03. The van der Waals surface area contributed by atoms with Crippen LogP contribution in [0.5, 0.6) is 0 Å². The fourth-order valence-electron chi connectivity index (χ4n) is 2.63. The van der Waals surface area contributed by atoms with Crippen LogP contribution < -0.4 is 0 Å². The molecule has 1 aromatic carbocycles. The number of nitrogens with zero attached hydrogens (tertiary/aromatic N) is 3. The first-order valence-electron chi connectivity index (χ1n) is 7.88. The Bertz CT molecular complexity index is 675. The van der Waals surface area contributed by atoms with Gasteiger partial charge in [-0.2, -0.15) is 5.10 Å². The largest absolute Gasteiger partial charge is 0.468 e. The van der Waals surface area contributed by atoms with Gasteiger partial charge in [0.2, 0.25) is 5.91 Å². The monoisotopic (exact) mass is 329 g/mol. The molecule has 0 bridgehead atoms. The second-order valence-corrected chi connectivity index (χ2v) is 5.72. The third-order valence-electron chi connectivity index (χ3n) is 4.03. The molecule has 0 N–H and O–H groups in total. The van der Waals surface area contributed by atoms with Crippen LogP contribution in [0.15, 0.2) is 36.7 Å². The molecule has 6 heteroatoms. The Hall–Kier alpha value is -2.63. The highest BCUT2D eigenvalue weighted by molar-refractivity contribution is 5.81. The second kappa shape index (κ2) is 8.29. The number of hydrogen-bond donors (Lipinski definition) is 0. The summed E-state index contributed by atoms with van der Waals surface area (Å²) in [5.74, 6) is -0.583. The highest BCUT2D eigenvalue weighted by atomic mass is 16.5. The molecule has 0 aliphatic carbocycles. The van der Waals surface area contributed by atoms with Crippen molar-refractivity contribution in [1.29, 1.82) is 0 Å². The molecule has 1 aromatic heterocycles. The molecule has 24 heavy (non-hydrogen) atoms. The maximum absolute atomic E-state index is 12.5. The summed E-state index contributed by atoms with van der Waals surface area (Å²) in [4.78, 5) is 25.7. The second-order valence-electron chi connectivity index (χ2n) is 5.72. The number of benzene rings is 1. The summed E-state index contributed by atoms with van der Waals surface area (Å²) >= 11 is 0. The zero-order valence-corrected chi connectivity index (χ0v) is 14.4. The number of ether oxygens (including phenoxy) is 1. The van der Waals surface area contributed by atoms with E-state index in [9.17, 15) is 9.59 Å². The Balaban J connectivity index is 2.08. The minimum absolute atomic E-state index is 0.0540. The number of carbonyl (C=O) groups is 2. The van der Waals surface area contributed by atoms with Gasteiger partial charge in [0.25, 0.3) is 0 Å². The van der Waals surface area contributed by atoms with Crippen LogP contribution in [0.1, 0.15) is 16.7 Å². The number of aryl methyl sites for hydroxylation is 2. The van der Waals surface area contributed by atoms with Crippen molar-refractivity contribution >= 4 is 11.9 Å². The zero-order valence-electron chi connectivity index (χ0n) is 14.4. The molecule has 6 nitrogen and oxygen atoms in total. The van der Waals surface area contributed by atoms with Crippen molar-refractivity contribution in [3.63, 3.8) is 0 Å². The fraction of sp³-hybridized carbons (Fsp3) is 0.389. The van der Waals surface area contributed by atoms with Crippen molar-refractivity contribution in [2.75, 3.05) is 20.2 Å². The van der Waals surface area contributed by atoms with Crippen molar-refractivity contribution in [1.82, 2.24) is 14.7 Å². The van der Waals surface area contributed by atoms with Gasteiger partial charge in [-0.25, -0.2) is 0 Å². The number of methoxy groups -OCH3 is 1. The van der Waals surface area contributed by atoms with Gasteiger partial charge in [-0.1, -0.05) is 18.2 Å². The SMILES string of the molecule is COC(=O)CN(CCc1c(C)cccc1C)C(=O)Cn1cccn1. The van der Waals surface area contributed by atoms with E-state index in [0.29, 0.717) is 13.0 Å². The Morgan fingerprint density at radius 2 is 1.92 bits per heavy atom. The molecule has 0 spiro atoms. The van der Waals surface area contributed by atoms with E-state index in [1.54, 1.807) is 23.1 Å². The van der Waals surface area contributed by atoms with Gasteiger partial charge in [-0.15, -0.1) is 0 Å². The maximum atomic E-state index is 12.5. The third kappa shape index (κ3) is 4.68. The van der Waals surface area contributed by atoms with E-state index >= 15 is 0 Å². The number of rotatable bonds is 7. The molecule has 0 aliphatic heterocycles. The number of esters is 1.